The molecule has 29 heavy (non-hydrogen) atoms. The van der Waals surface area contributed by atoms with E-state index in [2.05, 4.69) is 28.2 Å². The summed E-state index contributed by atoms with van der Waals surface area (Å²) in [5, 5.41) is 12.8. The van der Waals surface area contributed by atoms with Crippen molar-refractivity contribution in [1.82, 2.24) is 14.8 Å². The van der Waals surface area contributed by atoms with Gasteiger partial charge < -0.3 is 10.2 Å². The lowest BCUT2D eigenvalue weighted by Gasteiger charge is -2.14. The molecular weight excluding hydrogens is 406 g/mol. The summed E-state index contributed by atoms with van der Waals surface area (Å²) in [5.41, 5.74) is 2.74. The number of hydrogen-bond acceptors (Lipinski definition) is 5. The molecule has 150 valence electrons. The largest absolute Gasteiger partial charge is 0.378 e. The number of halogens is 1. The number of allylic oxidation sites excluding steroid dienone is 1. The van der Waals surface area contributed by atoms with Crippen LogP contribution >= 0.6 is 23.4 Å². The zero-order chi connectivity index (χ0) is 20.8. The van der Waals surface area contributed by atoms with E-state index in [1.807, 2.05) is 41.8 Å². The molecule has 0 unspecified atom stereocenters. The molecular formula is C21H22ClN5OS. The van der Waals surface area contributed by atoms with Gasteiger partial charge in [-0.1, -0.05) is 41.6 Å². The van der Waals surface area contributed by atoms with Gasteiger partial charge in [0.1, 0.15) is 0 Å². The third-order valence-electron chi connectivity index (χ3n) is 4.11. The van der Waals surface area contributed by atoms with Gasteiger partial charge in [-0.25, -0.2) is 0 Å². The molecule has 2 aromatic carbocycles. The minimum Gasteiger partial charge on any atom is -0.378 e. The number of aromatic nitrogens is 3. The van der Waals surface area contributed by atoms with E-state index in [4.69, 9.17) is 11.6 Å². The number of nitrogens with one attached hydrogen (secondary N) is 1. The summed E-state index contributed by atoms with van der Waals surface area (Å²) in [7, 11) is 3.99. The number of rotatable bonds is 8. The monoisotopic (exact) mass is 427 g/mol. The number of nitrogens with zero attached hydrogens (tertiary/aromatic N) is 4. The SMILES string of the molecule is C=CCn1c(SCC(=O)Nc2ccc(Cl)cc2)nnc1-c1cccc(N(C)C)c1. The predicted octanol–water partition coefficient (Wildman–Crippen LogP) is 4.58. The number of anilines is 2. The Hall–Kier alpha value is -2.77. The number of amides is 1. The average molecular weight is 428 g/mol. The van der Waals surface area contributed by atoms with Gasteiger partial charge in [-0.05, 0) is 36.4 Å². The molecule has 0 saturated heterocycles. The lowest BCUT2D eigenvalue weighted by atomic mass is 10.2. The van der Waals surface area contributed by atoms with Crippen LogP contribution < -0.4 is 10.2 Å². The molecule has 1 heterocycles. The van der Waals surface area contributed by atoms with Gasteiger partial charge >= 0.3 is 0 Å². The summed E-state index contributed by atoms with van der Waals surface area (Å²) in [5.74, 6) is 0.839. The molecule has 1 aromatic heterocycles. The number of hydrogen-bond donors (Lipinski definition) is 1. The molecule has 3 aromatic rings. The normalized spacial score (nSPS) is 10.6. The van der Waals surface area contributed by atoms with Crippen molar-refractivity contribution in [3.05, 3.63) is 66.2 Å². The Morgan fingerprint density at radius 2 is 2.00 bits per heavy atom. The molecule has 0 spiro atoms. The summed E-state index contributed by atoms with van der Waals surface area (Å²) in [6, 6.07) is 15.1. The topological polar surface area (TPSA) is 63.1 Å². The van der Waals surface area contributed by atoms with E-state index in [9.17, 15) is 4.79 Å². The number of carbonyl (C=O) groups excluding carboxylic acids is 1. The Morgan fingerprint density at radius 3 is 2.69 bits per heavy atom. The molecule has 6 nitrogen and oxygen atoms in total. The second-order valence-electron chi connectivity index (χ2n) is 6.49. The summed E-state index contributed by atoms with van der Waals surface area (Å²) < 4.78 is 1.96. The van der Waals surface area contributed by atoms with Crippen molar-refractivity contribution in [2.24, 2.45) is 0 Å². The van der Waals surface area contributed by atoms with Crippen LogP contribution in [-0.2, 0) is 11.3 Å². The van der Waals surface area contributed by atoms with Crippen LogP contribution in [0.4, 0.5) is 11.4 Å². The molecule has 0 fully saturated rings. The Bertz CT molecular complexity index is 1000. The van der Waals surface area contributed by atoms with Crippen LogP contribution in [0.2, 0.25) is 5.02 Å². The first kappa shape index (κ1) is 21.0. The Labute approximate surface area is 179 Å². The number of thioether (sulfide) groups is 1. The van der Waals surface area contributed by atoms with Crippen molar-refractivity contribution in [2.45, 2.75) is 11.7 Å². The van der Waals surface area contributed by atoms with Gasteiger partial charge in [0.15, 0.2) is 11.0 Å². The van der Waals surface area contributed by atoms with Gasteiger partial charge in [0.25, 0.3) is 0 Å². The Balaban J connectivity index is 1.74. The lowest BCUT2D eigenvalue weighted by Crippen LogP contribution is -2.14. The zero-order valence-electron chi connectivity index (χ0n) is 16.3. The summed E-state index contributed by atoms with van der Waals surface area (Å²) in [4.78, 5) is 14.3. The van der Waals surface area contributed by atoms with Crippen molar-refractivity contribution in [3.63, 3.8) is 0 Å². The van der Waals surface area contributed by atoms with Crippen LogP contribution in [0.5, 0.6) is 0 Å². The van der Waals surface area contributed by atoms with Crippen molar-refractivity contribution >= 4 is 40.6 Å². The maximum atomic E-state index is 12.3. The molecule has 0 saturated carbocycles. The molecule has 0 radical (unpaired) electrons. The molecule has 0 bridgehead atoms. The fraction of sp³-hybridized carbons (Fsp3) is 0.190. The molecule has 1 amide bonds. The highest BCUT2D eigenvalue weighted by Gasteiger charge is 2.15. The fourth-order valence-corrected chi connectivity index (χ4v) is 3.56. The van der Waals surface area contributed by atoms with Crippen molar-refractivity contribution in [2.75, 3.05) is 30.1 Å². The molecule has 1 N–H and O–H groups in total. The van der Waals surface area contributed by atoms with Crippen LogP contribution in [0, 0.1) is 0 Å². The Morgan fingerprint density at radius 1 is 1.24 bits per heavy atom. The molecule has 8 heteroatoms. The average Bonchev–Trinajstić information content (AvgIpc) is 3.11. The third kappa shape index (κ3) is 5.40. The van der Waals surface area contributed by atoms with Crippen LogP contribution in [0.3, 0.4) is 0 Å². The van der Waals surface area contributed by atoms with Gasteiger partial charge in [-0.2, -0.15) is 0 Å². The lowest BCUT2D eigenvalue weighted by molar-refractivity contribution is -0.113. The van der Waals surface area contributed by atoms with E-state index < -0.39 is 0 Å². The second kappa shape index (κ2) is 9.62. The quantitative estimate of drug-likeness (QED) is 0.421. The first-order valence-corrected chi connectivity index (χ1v) is 10.3. The van der Waals surface area contributed by atoms with E-state index >= 15 is 0 Å². The van der Waals surface area contributed by atoms with Gasteiger partial charge in [0.2, 0.25) is 5.91 Å². The van der Waals surface area contributed by atoms with E-state index in [0.29, 0.717) is 22.4 Å². The first-order valence-electron chi connectivity index (χ1n) is 8.98. The maximum absolute atomic E-state index is 12.3. The summed E-state index contributed by atoms with van der Waals surface area (Å²) >= 11 is 7.21. The highest BCUT2D eigenvalue weighted by molar-refractivity contribution is 7.99. The smallest absolute Gasteiger partial charge is 0.234 e. The van der Waals surface area contributed by atoms with Crippen LogP contribution in [-0.4, -0.2) is 40.5 Å². The molecule has 0 aliphatic carbocycles. The first-order chi connectivity index (χ1) is 14.0. The second-order valence-corrected chi connectivity index (χ2v) is 7.87. The number of benzene rings is 2. The standard InChI is InChI=1S/C21H22ClN5OS/c1-4-12-27-20(15-6-5-7-18(13-15)26(2)3)24-25-21(27)29-14-19(28)23-17-10-8-16(22)9-11-17/h4-11,13H,1,12,14H2,2-3H3,(H,23,28). The predicted molar refractivity (Wildman–Crippen MR) is 121 cm³/mol. The van der Waals surface area contributed by atoms with Gasteiger partial charge in [0, 0.05) is 42.6 Å². The van der Waals surface area contributed by atoms with Gasteiger partial charge in [-0.15, -0.1) is 16.8 Å². The van der Waals surface area contributed by atoms with Gasteiger partial charge in [0.05, 0.1) is 5.75 Å². The van der Waals surface area contributed by atoms with E-state index in [0.717, 1.165) is 17.1 Å². The van der Waals surface area contributed by atoms with Crippen molar-refractivity contribution < 1.29 is 4.79 Å². The fourth-order valence-electron chi connectivity index (χ4n) is 2.69. The summed E-state index contributed by atoms with van der Waals surface area (Å²) in [6.45, 7) is 4.38. The molecule has 0 atom stereocenters. The minimum absolute atomic E-state index is 0.123. The van der Waals surface area contributed by atoms with E-state index in [-0.39, 0.29) is 11.7 Å². The van der Waals surface area contributed by atoms with E-state index in [1.165, 1.54) is 11.8 Å². The van der Waals surface area contributed by atoms with Crippen LogP contribution in [0.25, 0.3) is 11.4 Å². The summed E-state index contributed by atoms with van der Waals surface area (Å²) in [6.07, 6.45) is 1.79. The van der Waals surface area contributed by atoms with Crippen LogP contribution in [0.15, 0.2) is 66.3 Å². The third-order valence-corrected chi connectivity index (χ3v) is 5.33. The van der Waals surface area contributed by atoms with Gasteiger partial charge in [-0.3, -0.25) is 9.36 Å². The van der Waals surface area contributed by atoms with Crippen molar-refractivity contribution in [1.29, 1.82) is 0 Å². The molecule has 0 aliphatic rings. The van der Waals surface area contributed by atoms with E-state index in [1.54, 1.807) is 30.3 Å². The number of carbonyl (C=O) groups is 1. The maximum Gasteiger partial charge on any atom is 0.234 e. The van der Waals surface area contributed by atoms with Crippen molar-refractivity contribution in [3.8, 4) is 11.4 Å². The minimum atomic E-state index is -0.123. The highest BCUT2D eigenvalue weighted by atomic mass is 35.5. The van der Waals surface area contributed by atoms with Crippen LogP contribution in [0.1, 0.15) is 0 Å². The molecule has 3 rings (SSSR count). The highest BCUT2D eigenvalue weighted by Crippen LogP contribution is 2.27. The zero-order valence-corrected chi connectivity index (χ0v) is 17.9. The Kier molecular flexibility index (Phi) is 6.95. The molecule has 0 aliphatic heterocycles.